The zero-order valence-corrected chi connectivity index (χ0v) is 12.8. The molecule has 0 amide bonds. The van der Waals surface area contributed by atoms with Crippen LogP contribution in [0.5, 0.6) is 0 Å². The highest BCUT2D eigenvalue weighted by Gasteiger charge is 2.40. The Morgan fingerprint density at radius 3 is 2.50 bits per heavy atom. The van der Waals surface area contributed by atoms with Crippen molar-refractivity contribution in [1.82, 2.24) is 10.2 Å². The smallest absolute Gasteiger partial charge is 0.0252 e. The zero-order valence-electron chi connectivity index (χ0n) is 12.8. The minimum Gasteiger partial charge on any atom is -0.311 e. The summed E-state index contributed by atoms with van der Waals surface area (Å²) in [5.41, 5.74) is 0. The van der Waals surface area contributed by atoms with Crippen LogP contribution >= 0.6 is 0 Å². The summed E-state index contributed by atoms with van der Waals surface area (Å²) in [6.45, 7) is 12.0. The van der Waals surface area contributed by atoms with Crippen molar-refractivity contribution in [3.05, 3.63) is 0 Å². The predicted molar refractivity (Wildman–Crippen MR) is 78.8 cm³/mol. The average Bonchev–Trinajstić information content (AvgIpc) is 3.12. The van der Waals surface area contributed by atoms with E-state index >= 15 is 0 Å². The van der Waals surface area contributed by atoms with Gasteiger partial charge in [-0.15, -0.1) is 0 Å². The molecule has 2 aliphatic rings. The molecule has 106 valence electrons. The van der Waals surface area contributed by atoms with Crippen molar-refractivity contribution in [2.24, 2.45) is 11.8 Å². The van der Waals surface area contributed by atoms with E-state index in [1.165, 1.54) is 45.2 Å². The van der Waals surface area contributed by atoms with Gasteiger partial charge in [0.2, 0.25) is 0 Å². The Labute approximate surface area is 114 Å². The topological polar surface area (TPSA) is 15.3 Å². The van der Waals surface area contributed by atoms with Gasteiger partial charge in [0.05, 0.1) is 0 Å². The molecule has 3 unspecified atom stereocenters. The van der Waals surface area contributed by atoms with Gasteiger partial charge < -0.3 is 5.32 Å². The Morgan fingerprint density at radius 2 is 1.94 bits per heavy atom. The maximum atomic E-state index is 3.81. The first-order chi connectivity index (χ1) is 8.61. The van der Waals surface area contributed by atoms with E-state index in [1.807, 2.05) is 0 Å². The second-order valence-electron chi connectivity index (χ2n) is 6.97. The molecule has 1 aliphatic heterocycles. The Hall–Kier alpha value is -0.0800. The molecule has 3 atom stereocenters. The fourth-order valence-electron chi connectivity index (χ4n) is 3.59. The van der Waals surface area contributed by atoms with Gasteiger partial charge in [-0.3, -0.25) is 4.90 Å². The van der Waals surface area contributed by atoms with Crippen molar-refractivity contribution in [2.75, 3.05) is 13.1 Å². The molecule has 2 nitrogen and oxygen atoms in total. The van der Waals surface area contributed by atoms with E-state index in [1.54, 1.807) is 0 Å². The third kappa shape index (κ3) is 3.71. The van der Waals surface area contributed by atoms with Crippen LogP contribution in [0.4, 0.5) is 0 Å². The molecular formula is C16H32N2. The SMILES string of the molecule is CCCC(C)N1CC(CC(C)C)NCC1C1CC1. The minimum atomic E-state index is 0.722. The summed E-state index contributed by atoms with van der Waals surface area (Å²) < 4.78 is 0. The highest BCUT2D eigenvalue weighted by Crippen LogP contribution is 2.37. The Balaban J connectivity index is 1.94. The van der Waals surface area contributed by atoms with Crippen LogP contribution in [0, 0.1) is 11.8 Å². The van der Waals surface area contributed by atoms with Crippen LogP contribution in [0.1, 0.15) is 59.8 Å². The molecule has 0 aromatic rings. The van der Waals surface area contributed by atoms with Gasteiger partial charge in [0.15, 0.2) is 0 Å². The molecule has 0 aromatic heterocycles. The van der Waals surface area contributed by atoms with Crippen molar-refractivity contribution >= 4 is 0 Å². The highest BCUT2D eigenvalue weighted by atomic mass is 15.3. The lowest BCUT2D eigenvalue weighted by Gasteiger charge is -2.44. The second kappa shape index (κ2) is 6.38. The first-order valence-electron chi connectivity index (χ1n) is 8.11. The molecule has 0 aromatic carbocycles. The number of nitrogens with zero attached hydrogens (tertiary/aromatic N) is 1. The van der Waals surface area contributed by atoms with Gasteiger partial charge >= 0.3 is 0 Å². The van der Waals surface area contributed by atoms with Gasteiger partial charge in [-0.25, -0.2) is 0 Å². The van der Waals surface area contributed by atoms with Crippen molar-refractivity contribution in [3.8, 4) is 0 Å². The Kier molecular flexibility index (Phi) is 5.08. The second-order valence-corrected chi connectivity index (χ2v) is 6.97. The molecule has 0 bridgehead atoms. The molecule has 2 fully saturated rings. The fourth-order valence-corrected chi connectivity index (χ4v) is 3.59. The summed E-state index contributed by atoms with van der Waals surface area (Å²) in [6.07, 6.45) is 6.94. The largest absolute Gasteiger partial charge is 0.311 e. The van der Waals surface area contributed by atoms with Crippen molar-refractivity contribution in [1.29, 1.82) is 0 Å². The first-order valence-corrected chi connectivity index (χ1v) is 8.11. The third-order valence-electron chi connectivity index (χ3n) is 4.67. The van der Waals surface area contributed by atoms with E-state index in [2.05, 4.69) is 37.9 Å². The van der Waals surface area contributed by atoms with Crippen molar-refractivity contribution in [2.45, 2.75) is 77.9 Å². The molecule has 1 N–H and O–H groups in total. The molecule has 2 heteroatoms. The number of hydrogen-bond donors (Lipinski definition) is 1. The minimum absolute atomic E-state index is 0.722. The summed E-state index contributed by atoms with van der Waals surface area (Å²) in [5, 5.41) is 3.81. The zero-order chi connectivity index (χ0) is 13.1. The van der Waals surface area contributed by atoms with Crippen LogP contribution < -0.4 is 5.32 Å². The van der Waals surface area contributed by atoms with Crippen LogP contribution in [-0.2, 0) is 0 Å². The Morgan fingerprint density at radius 1 is 1.22 bits per heavy atom. The van der Waals surface area contributed by atoms with E-state index in [4.69, 9.17) is 0 Å². The van der Waals surface area contributed by atoms with Gasteiger partial charge in [0.1, 0.15) is 0 Å². The first kappa shape index (κ1) is 14.3. The predicted octanol–water partition coefficient (Wildman–Crippen LogP) is 3.27. The molecule has 2 rings (SSSR count). The molecule has 1 saturated heterocycles. The molecule has 1 heterocycles. The van der Waals surface area contributed by atoms with E-state index in [9.17, 15) is 0 Å². The van der Waals surface area contributed by atoms with Crippen LogP contribution in [0.25, 0.3) is 0 Å². The fraction of sp³-hybridized carbons (Fsp3) is 1.00. The molecule has 0 spiro atoms. The van der Waals surface area contributed by atoms with E-state index in [0.717, 1.165) is 30.0 Å². The van der Waals surface area contributed by atoms with Crippen LogP contribution in [0.2, 0.25) is 0 Å². The van der Waals surface area contributed by atoms with Gasteiger partial charge in [0.25, 0.3) is 0 Å². The summed E-state index contributed by atoms with van der Waals surface area (Å²) >= 11 is 0. The monoisotopic (exact) mass is 252 g/mol. The molecule has 18 heavy (non-hydrogen) atoms. The molecule has 1 saturated carbocycles. The maximum Gasteiger partial charge on any atom is 0.0252 e. The lowest BCUT2D eigenvalue weighted by atomic mass is 9.96. The summed E-state index contributed by atoms with van der Waals surface area (Å²) in [7, 11) is 0. The normalized spacial score (nSPS) is 31.8. The quantitative estimate of drug-likeness (QED) is 0.780. The lowest BCUT2D eigenvalue weighted by Crippen LogP contribution is -2.59. The molecular weight excluding hydrogens is 220 g/mol. The van der Waals surface area contributed by atoms with E-state index < -0.39 is 0 Å². The number of nitrogens with one attached hydrogen (secondary N) is 1. The summed E-state index contributed by atoms with van der Waals surface area (Å²) in [6, 6.07) is 2.33. The van der Waals surface area contributed by atoms with Crippen LogP contribution in [-0.4, -0.2) is 36.1 Å². The summed E-state index contributed by atoms with van der Waals surface area (Å²) in [4.78, 5) is 2.84. The maximum absolute atomic E-state index is 3.81. The van der Waals surface area contributed by atoms with Gasteiger partial charge in [-0.2, -0.15) is 0 Å². The van der Waals surface area contributed by atoms with Crippen LogP contribution in [0.15, 0.2) is 0 Å². The van der Waals surface area contributed by atoms with E-state index in [-0.39, 0.29) is 0 Å². The number of piperazine rings is 1. The Bertz CT molecular complexity index is 247. The van der Waals surface area contributed by atoms with Crippen molar-refractivity contribution < 1.29 is 0 Å². The third-order valence-corrected chi connectivity index (χ3v) is 4.67. The number of hydrogen-bond acceptors (Lipinski definition) is 2. The van der Waals surface area contributed by atoms with Gasteiger partial charge in [-0.1, -0.05) is 27.2 Å². The summed E-state index contributed by atoms with van der Waals surface area (Å²) in [5.74, 6) is 1.81. The highest BCUT2D eigenvalue weighted by molar-refractivity contribution is 4.96. The lowest BCUT2D eigenvalue weighted by molar-refractivity contribution is 0.0667. The molecule has 0 radical (unpaired) electrons. The van der Waals surface area contributed by atoms with E-state index in [0.29, 0.717) is 0 Å². The molecule has 1 aliphatic carbocycles. The van der Waals surface area contributed by atoms with Gasteiger partial charge in [-0.05, 0) is 44.4 Å². The number of rotatable bonds is 6. The average molecular weight is 252 g/mol. The van der Waals surface area contributed by atoms with Crippen LogP contribution in [0.3, 0.4) is 0 Å². The van der Waals surface area contributed by atoms with Gasteiger partial charge in [0, 0.05) is 31.2 Å². The van der Waals surface area contributed by atoms with Crippen molar-refractivity contribution in [3.63, 3.8) is 0 Å². The standard InChI is InChI=1S/C16H32N2/c1-5-6-13(4)18-11-15(9-12(2)3)17-10-16(18)14-7-8-14/h12-17H,5-11H2,1-4H3.